The van der Waals surface area contributed by atoms with Gasteiger partial charge in [-0.25, -0.2) is 4.57 Å². The highest BCUT2D eigenvalue weighted by Gasteiger charge is 2.12. The van der Waals surface area contributed by atoms with Crippen molar-refractivity contribution in [1.29, 1.82) is 0 Å². The summed E-state index contributed by atoms with van der Waals surface area (Å²) >= 11 is 5.12. The van der Waals surface area contributed by atoms with Crippen LogP contribution in [0.2, 0.25) is 0 Å². The molecule has 1 aromatic carbocycles. The van der Waals surface area contributed by atoms with Crippen molar-refractivity contribution < 1.29 is 63.0 Å². The summed E-state index contributed by atoms with van der Waals surface area (Å²) in [5.74, 6) is -3.25. The van der Waals surface area contributed by atoms with E-state index in [1.54, 1.807) is 65.8 Å². The van der Waals surface area contributed by atoms with Gasteiger partial charge in [-0.1, -0.05) is 36.4 Å². The largest absolute Gasteiger partial charge is 0.481 e. The predicted molar refractivity (Wildman–Crippen MR) is 265 cm³/mol. The number of pyridine rings is 3. The van der Waals surface area contributed by atoms with Gasteiger partial charge in [0.1, 0.15) is 19.2 Å². The normalized spacial score (nSPS) is 10.6. The molecule has 8 N–H and O–H groups in total. The molecule has 3 amide bonds. The van der Waals surface area contributed by atoms with Crippen LogP contribution in [0.4, 0.5) is 0 Å². The van der Waals surface area contributed by atoms with Crippen molar-refractivity contribution in [2.75, 3.05) is 33.2 Å². The van der Waals surface area contributed by atoms with Gasteiger partial charge in [-0.2, -0.15) is 0 Å². The van der Waals surface area contributed by atoms with Crippen LogP contribution >= 0.6 is 11.6 Å². The molecule has 3 aromatic heterocycles. The number of carboxylic acids is 3. The lowest BCUT2D eigenvalue weighted by molar-refractivity contribution is -0.671. The minimum absolute atomic E-state index is 0. The number of nitrogens with one attached hydrogen (secondary N) is 3. The van der Waals surface area contributed by atoms with Gasteiger partial charge in [0.15, 0.2) is 12.4 Å². The lowest BCUT2D eigenvalue weighted by Gasteiger charge is -2.16. The molecule has 1 aliphatic rings. The number of benzene rings is 1. The Bertz CT molecular complexity index is 2290. The van der Waals surface area contributed by atoms with Crippen molar-refractivity contribution in [2.45, 2.75) is 64.4 Å². The maximum Gasteiger partial charge on any atom is 0.306 e. The molecule has 0 bridgehead atoms. The molecule has 0 fully saturated rings. The molecule has 0 saturated heterocycles. The summed E-state index contributed by atoms with van der Waals surface area (Å²) in [5, 5.41) is 32.7. The van der Waals surface area contributed by atoms with Crippen LogP contribution in [0.15, 0.2) is 128 Å². The maximum absolute atomic E-state index is 11.6. The molecule has 384 valence electrons. The SMILES string of the molecule is CN1C=CCC(C(=O)NCCCC(=O)O)=C1.C[n+]1cccc(C(=O)NCCCC(=O)O)c1.NCCCC(=O)OCc1ccccc1.O=C(Cl)c1cccnc1.O=C(O)CCCNC(=O)c1cccnc1.[CH3-]. The summed E-state index contributed by atoms with van der Waals surface area (Å²) in [7, 11) is 3.69. The number of carboxylic acid groups (broad SMARTS) is 3. The van der Waals surface area contributed by atoms with E-state index in [1.165, 1.54) is 12.4 Å². The van der Waals surface area contributed by atoms with Crippen molar-refractivity contribution in [3.05, 3.63) is 158 Å². The maximum atomic E-state index is 11.6. The molecule has 1 aliphatic heterocycles. The molecule has 4 aromatic rings. The van der Waals surface area contributed by atoms with Gasteiger partial charge in [-0.05, 0) is 92.3 Å². The van der Waals surface area contributed by atoms with Gasteiger partial charge in [0.05, 0.1) is 11.1 Å². The Hall–Kier alpha value is -7.84. The molecule has 0 aliphatic carbocycles. The third kappa shape index (κ3) is 33.3. The monoisotopic (exact) mass is 1000 g/mol. The number of aliphatic carboxylic acids is 3. The number of allylic oxidation sites excluding steroid dienone is 1. The average molecular weight is 1010 g/mol. The first kappa shape index (κ1) is 63.2. The van der Waals surface area contributed by atoms with Crippen molar-refractivity contribution in [1.82, 2.24) is 30.8 Å². The van der Waals surface area contributed by atoms with Gasteiger partial charge < -0.3 is 54.1 Å². The van der Waals surface area contributed by atoms with E-state index < -0.39 is 23.2 Å². The number of nitrogens with two attached hydrogens (primary N) is 1. The molecule has 0 unspecified atom stereocenters. The molecule has 20 nitrogen and oxygen atoms in total. The second kappa shape index (κ2) is 39.1. The van der Waals surface area contributed by atoms with E-state index in [-0.39, 0.29) is 50.4 Å². The topological polar surface area (TPSA) is 301 Å². The molecule has 71 heavy (non-hydrogen) atoms. The first-order valence-corrected chi connectivity index (χ1v) is 22.3. The quantitative estimate of drug-likeness (QED) is 0.0193. The highest BCUT2D eigenvalue weighted by molar-refractivity contribution is 6.67. The fraction of sp³-hybridized carbons (Fsp3) is 0.320. The second-order valence-electron chi connectivity index (χ2n) is 14.7. The first-order chi connectivity index (χ1) is 33.5. The van der Waals surface area contributed by atoms with Crippen LogP contribution in [-0.4, -0.2) is 110 Å². The number of aryl methyl sites for hydroxylation is 1. The Morgan fingerprint density at radius 2 is 1.20 bits per heavy atom. The lowest BCUT2D eigenvalue weighted by Crippen LogP contribution is -2.31. The first-order valence-electron chi connectivity index (χ1n) is 22.0. The zero-order valence-corrected chi connectivity index (χ0v) is 41.0. The van der Waals surface area contributed by atoms with Crippen LogP contribution in [0.25, 0.3) is 0 Å². The fourth-order valence-electron chi connectivity index (χ4n) is 5.24. The van der Waals surface area contributed by atoms with Crippen LogP contribution < -0.4 is 26.3 Å². The van der Waals surface area contributed by atoms with Crippen molar-refractivity contribution >= 4 is 58.4 Å². The molecule has 4 heterocycles. The Labute approximate surface area is 419 Å². The van der Waals surface area contributed by atoms with E-state index in [4.69, 9.17) is 37.4 Å². The minimum Gasteiger partial charge on any atom is -0.481 e. The number of hydrogen-bond donors (Lipinski definition) is 7. The summed E-state index contributed by atoms with van der Waals surface area (Å²) in [6, 6.07) is 19.7. The summed E-state index contributed by atoms with van der Waals surface area (Å²) in [5.41, 5.74) is 8.46. The third-order valence-corrected chi connectivity index (χ3v) is 8.95. The van der Waals surface area contributed by atoms with Gasteiger partial charge in [0.25, 0.3) is 17.1 Å². The standard InChI is InChI=1S/C11H16N2O3.C11H14N2O3.C11H15NO2.C10H12N2O3.C6H4ClNO.CH3/c2*1-13-7-3-4-9(8-13)11(16)12-6-2-5-10(14)15;12-8-4-7-11(13)14-9-10-5-2-1-3-6-10;13-9(14)4-2-6-12-10(15)8-3-1-5-11-7-8;7-6(9)5-2-1-3-8-4-5;/h3,7-8H,2,4-6H2,1H3,(H,12,16)(H,14,15);3-4,7-8H,2,5-6H2,1H3,(H-,12,14,15,16);1-3,5-6H,4,7-9,12H2;1,3,5,7H,2,4,6H2,(H,12,15)(H,13,14);1-4H;1H3/q;;;;;-1/p+1. The second-order valence-corrected chi connectivity index (χ2v) is 15.1. The lowest BCUT2D eigenvalue weighted by atomic mass is 10.1. The van der Waals surface area contributed by atoms with Crippen molar-refractivity contribution in [3.8, 4) is 0 Å². The molecule has 5 rings (SSSR count). The Kier molecular flexibility index (Phi) is 34.7. The van der Waals surface area contributed by atoms with E-state index in [9.17, 15) is 38.4 Å². The molecular formula is C50H65ClN8O12. The summed E-state index contributed by atoms with van der Waals surface area (Å²) in [6.07, 6.45) is 18.4. The number of aromatic nitrogens is 3. The number of esters is 1. The number of amides is 3. The Balaban J connectivity index is 0.000000868. The van der Waals surface area contributed by atoms with E-state index in [0.717, 1.165) is 5.56 Å². The van der Waals surface area contributed by atoms with Gasteiger partial charge in [0.2, 0.25) is 5.91 Å². The zero-order valence-electron chi connectivity index (χ0n) is 40.2. The summed E-state index contributed by atoms with van der Waals surface area (Å²) < 4.78 is 6.82. The molecular weight excluding hydrogens is 940 g/mol. The third-order valence-electron chi connectivity index (χ3n) is 8.73. The van der Waals surface area contributed by atoms with Crippen molar-refractivity contribution in [3.63, 3.8) is 0 Å². The zero-order chi connectivity index (χ0) is 51.9. The predicted octanol–water partition coefficient (Wildman–Crippen LogP) is 4.86. The molecule has 0 saturated carbocycles. The van der Waals surface area contributed by atoms with E-state index in [2.05, 4.69) is 25.9 Å². The van der Waals surface area contributed by atoms with Crippen LogP contribution in [0.1, 0.15) is 94.4 Å². The Morgan fingerprint density at radius 3 is 1.65 bits per heavy atom. The number of carbonyl (C=O) groups is 8. The molecule has 21 heteroatoms. The number of ether oxygens (including phenoxy) is 1. The number of rotatable bonds is 21. The highest BCUT2D eigenvalue weighted by atomic mass is 35.5. The van der Waals surface area contributed by atoms with Crippen LogP contribution in [0.5, 0.6) is 0 Å². The highest BCUT2D eigenvalue weighted by Crippen LogP contribution is 2.10. The van der Waals surface area contributed by atoms with Crippen LogP contribution in [-0.2, 0) is 42.4 Å². The number of carbonyl (C=O) groups excluding carboxylic acids is 5. The average Bonchev–Trinajstić information content (AvgIpc) is 3.35. The van der Waals surface area contributed by atoms with Gasteiger partial charge in [-0.3, -0.25) is 48.3 Å². The van der Waals surface area contributed by atoms with E-state index >= 15 is 0 Å². The van der Waals surface area contributed by atoms with Crippen LogP contribution in [0.3, 0.4) is 0 Å². The fourth-order valence-corrected chi connectivity index (χ4v) is 5.35. The van der Waals surface area contributed by atoms with Gasteiger partial charge >= 0.3 is 23.9 Å². The number of hydrogen-bond acceptors (Lipinski definition) is 13. The molecule has 0 spiro atoms. The van der Waals surface area contributed by atoms with Crippen molar-refractivity contribution in [2.24, 2.45) is 12.8 Å². The molecule has 0 radical (unpaired) electrons. The number of halogens is 1. The number of nitrogens with zero attached hydrogens (tertiary/aromatic N) is 4. The minimum atomic E-state index is -0.856. The molecule has 0 atom stereocenters. The summed E-state index contributed by atoms with van der Waals surface area (Å²) in [6.45, 7) is 2.02. The van der Waals surface area contributed by atoms with E-state index in [0.29, 0.717) is 93.6 Å². The Morgan fingerprint density at radius 1 is 0.690 bits per heavy atom. The van der Waals surface area contributed by atoms with Gasteiger partial charge in [0, 0.05) is 95.0 Å². The smallest absolute Gasteiger partial charge is 0.306 e. The van der Waals surface area contributed by atoms with Gasteiger partial charge in [-0.15, -0.1) is 0 Å². The van der Waals surface area contributed by atoms with E-state index in [1.807, 2.05) is 67.8 Å². The summed E-state index contributed by atoms with van der Waals surface area (Å²) in [4.78, 5) is 96.0. The van der Waals surface area contributed by atoms with Crippen LogP contribution in [0, 0.1) is 7.43 Å².